The third-order valence-electron chi connectivity index (χ3n) is 7.13. The molecule has 0 bridgehead atoms. The van der Waals surface area contributed by atoms with Gasteiger partial charge in [0.05, 0.1) is 0 Å². The summed E-state index contributed by atoms with van der Waals surface area (Å²) in [7, 11) is -1.42. The highest BCUT2D eigenvalue weighted by molar-refractivity contribution is 6.83. The molecular formula is C33H44Si. The van der Waals surface area contributed by atoms with Gasteiger partial charge in [0.2, 0.25) is 0 Å². The van der Waals surface area contributed by atoms with Gasteiger partial charge in [-0.1, -0.05) is 109 Å². The Hall–Kier alpha value is -2.22. The molecule has 0 unspecified atom stereocenters. The summed E-state index contributed by atoms with van der Waals surface area (Å²) in [5.74, 6) is 10.0. The van der Waals surface area contributed by atoms with Gasteiger partial charge in [-0.05, 0) is 66.3 Å². The summed E-state index contributed by atoms with van der Waals surface area (Å²) in [6, 6.07) is 14.0. The summed E-state index contributed by atoms with van der Waals surface area (Å²) in [6.45, 7) is 13.5. The van der Waals surface area contributed by atoms with Gasteiger partial charge < -0.3 is 0 Å². The number of benzene rings is 2. The fraction of sp³-hybridized carbons (Fsp3) is 0.515. The van der Waals surface area contributed by atoms with E-state index in [2.05, 4.69) is 93.2 Å². The zero-order chi connectivity index (χ0) is 24.6. The average molecular weight is 469 g/mol. The molecule has 3 rings (SSSR count). The molecule has 0 radical (unpaired) electrons. The molecule has 0 nitrogen and oxygen atoms in total. The first-order valence-electron chi connectivity index (χ1n) is 13.6. The van der Waals surface area contributed by atoms with Gasteiger partial charge in [-0.15, -0.1) is 11.5 Å². The molecule has 1 aliphatic carbocycles. The third-order valence-corrected chi connectivity index (χ3v) is 8.00. The van der Waals surface area contributed by atoms with E-state index >= 15 is 0 Å². The van der Waals surface area contributed by atoms with Crippen LogP contribution < -0.4 is 0 Å². The van der Waals surface area contributed by atoms with Gasteiger partial charge in [-0.2, -0.15) is 0 Å². The van der Waals surface area contributed by atoms with Crippen molar-refractivity contribution in [1.29, 1.82) is 0 Å². The van der Waals surface area contributed by atoms with Gasteiger partial charge in [-0.25, -0.2) is 0 Å². The molecule has 0 N–H and O–H groups in total. The highest BCUT2D eigenvalue weighted by Crippen LogP contribution is 2.54. The SMILES string of the molecule is CC#Cc1ccc2c(c1)C(CCCCCC)(CCCCCC)c1cc(C#C[Si](C)(C)C)ccc1-2. The maximum Gasteiger partial charge on any atom is 0.129 e. The molecule has 0 aromatic heterocycles. The van der Waals surface area contributed by atoms with Crippen LogP contribution in [-0.4, -0.2) is 8.07 Å². The van der Waals surface area contributed by atoms with Crippen LogP contribution in [0.5, 0.6) is 0 Å². The van der Waals surface area contributed by atoms with Gasteiger partial charge in [0, 0.05) is 16.5 Å². The summed E-state index contributed by atoms with van der Waals surface area (Å²) in [6.07, 6.45) is 12.9. The van der Waals surface area contributed by atoms with Crippen LogP contribution in [0.3, 0.4) is 0 Å². The van der Waals surface area contributed by atoms with Crippen LogP contribution in [0.25, 0.3) is 11.1 Å². The van der Waals surface area contributed by atoms with Gasteiger partial charge >= 0.3 is 0 Å². The van der Waals surface area contributed by atoms with Crippen LogP contribution >= 0.6 is 0 Å². The molecular weight excluding hydrogens is 424 g/mol. The Morgan fingerprint density at radius 1 is 0.676 bits per heavy atom. The lowest BCUT2D eigenvalue weighted by Crippen LogP contribution is -2.26. The summed E-state index contributed by atoms with van der Waals surface area (Å²) < 4.78 is 0. The second kappa shape index (κ2) is 12.0. The van der Waals surface area contributed by atoms with Crippen LogP contribution in [0.1, 0.15) is 107 Å². The van der Waals surface area contributed by atoms with Crippen molar-refractivity contribution in [2.75, 3.05) is 0 Å². The zero-order valence-corrected chi connectivity index (χ0v) is 23.5. The summed E-state index contributed by atoms with van der Waals surface area (Å²) in [4.78, 5) is 0. The first-order valence-corrected chi connectivity index (χ1v) is 17.1. The van der Waals surface area contributed by atoms with E-state index in [1.54, 1.807) is 0 Å². The lowest BCUT2D eigenvalue weighted by Gasteiger charge is -2.33. The van der Waals surface area contributed by atoms with Crippen LogP contribution in [-0.2, 0) is 5.41 Å². The van der Waals surface area contributed by atoms with Crippen molar-refractivity contribution < 1.29 is 0 Å². The summed E-state index contributed by atoms with van der Waals surface area (Å²) >= 11 is 0. The molecule has 1 heteroatoms. The minimum absolute atomic E-state index is 0.0917. The smallest absolute Gasteiger partial charge is 0.127 e. The van der Waals surface area contributed by atoms with E-state index in [0.29, 0.717) is 0 Å². The van der Waals surface area contributed by atoms with Crippen molar-refractivity contribution in [1.82, 2.24) is 0 Å². The predicted molar refractivity (Wildman–Crippen MR) is 153 cm³/mol. The van der Waals surface area contributed by atoms with Crippen molar-refractivity contribution >= 4 is 8.07 Å². The van der Waals surface area contributed by atoms with Crippen LogP contribution in [0.15, 0.2) is 36.4 Å². The van der Waals surface area contributed by atoms with Gasteiger partial charge in [0.15, 0.2) is 0 Å². The maximum atomic E-state index is 3.59. The van der Waals surface area contributed by atoms with E-state index in [9.17, 15) is 0 Å². The topological polar surface area (TPSA) is 0 Å². The molecule has 0 fully saturated rings. The number of fused-ring (bicyclic) bond motifs is 3. The van der Waals surface area contributed by atoms with Crippen molar-refractivity contribution in [3.05, 3.63) is 58.7 Å². The quantitative estimate of drug-likeness (QED) is 0.185. The molecule has 0 saturated carbocycles. The van der Waals surface area contributed by atoms with Gasteiger partial charge in [0.1, 0.15) is 8.07 Å². The minimum atomic E-state index is -1.42. The van der Waals surface area contributed by atoms with Crippen molar-refractivity contribution in [2.45, 2.75) is 110 Å². The molecule has 0 atom stereocenters. The van der Waals surface area contributed by atoms with Crippen molar-refractivity contribution in [2.24, 2.45) is 0 Å². The molecule has 0 amide bonds. The minimum Gasteiger partial charge on any atom is -0.127 e. The summed E-state index contributed by atoms with van der Waals surface area (Å²) in [5, 5.41) is 0. The third kappa shape index (κ3) is 6.26. The monoisotopic (exact) mass is 468 g/mol. The fourth-order valence-corrected chi connectivity index (χ4v) is 5.94. The molecule has 2 aromatic carbocycles. The second-order valence-electron chi connectivity index (χ2n) is 11.1. The Labute approximate surface area is 211 Å². The Balaban J connectivity index is 2.14. The maximum absolute atomic E-state index is 3.59. The van der Waals surface area contributed by atoms with Crippen LogP contribution in [0.4, 0.5) is 0 Å². The average Bonchev–Trinajstić information content (AvgIpc) is 3.07. The number of unbranched alkanes of at least 4 members (excludes halogenated alkanes) is 6. The number of hydrogen-bond donors (Lipinski definition) is 0. The van der Waals surface area contributed by atoms with Crippen molar-refractivity contribution in [3.8, 4) is 34.4 Å². The zero-order valence-electron chi connectivity index (χ0n) is 22.5. The molecule has 1 aliphatic rings. The highest BCUT2D eigenvalue weighted by atomic mass is 28.3. The molecule has 34 heavy (non-hydrogen) atoms. The first kappa shape index (κ1) is 26.4. The molecule has 0 heterocycles. The van der Waals surface area contributed by atoms with E-state index in [-0.39, 0.29) is 5.41 Å². The molecule has 180 valence electrons. The molecule has 2 aromatic rings. The first-order chi connectivity index (χ1) is 16.3. The normalized spacial score (nSPS) is 13.4. The van der Waals surface area contributed by atoms with Crippen LogP contribution in [0.2, 0.25) is 19.6 Å². The predicted octanol–water partition coefficient (Wildman–Crippen LogP) is 9.49. The second-order valence-corrected chi connectivity index (χ2v) is 15.8. The largest absolute Gasteiger partial charge is 0.129 e. The van der Waals surface area contributed by atoms with E-state index < -0.39 is 8.07 Å². The molecule has 0 saturated heterocycles. The molecule has 0 aliphatic heterocycles. The van der Waals surface area contributed by atoms with Crippen molar-refractivity contribution in [3.63, 3.8) is 0 Å². The number of rotatable bonds is 10. The molecule has 0 spiro atoms. The highest BCUT2D eigenvalue weighted by Gasteiger charge is 2.42. The van der Waals surface area contributed by atoms with E-state index in [0.717, 1.165) is 5.56 Å². The number of hydrogen-bond acceptors (Lipinski definition) is 0. The lowest BCUT2D eigenvalue weighted by atomic mass is 9.70. The Kier molecular flexibility index (Phi) is 9.28. The standard InChI is InChI=1S/C33H44Si/c1-7-10-12-14-22-33(23-15-13-11-8-2)31-25-27(16-9-3)17-19-29(31)30-20-18-28(26-32(30)33)21-24-34(4,5)6/h17-20,25-26H,7-8,10-15,22-23H2,1-6H3. The fourth-order valence-electron chi connectivity index (χ4n) is 5.43. The Morgan fingerprint density at radius 2 is 1.18 bits per heavy atom. The van der Waals surface area contributed by atoms with Gasteiger partial charge in [-0.3, -0.25) is 0 Å². The Morgan fingerprint density at radius 3 is 1.62 bits per heavy atom. The van der Waals surface area contributed by atoms with E-state index in [1.807, 2.05) is 6.92 Å². The van der Waals surface area contributed by atoms with E-state index in [1.165, 1.54) is 92.0 Å². The van der Waals surface area contributed by atoms with Gasteiger partial charge in [0.25, 0.3) is 0 Å². The van der Waals surface area contributed by atoms with E-state index in [4.69, 9.17) is 0 Å². The van der Waals surface area contributed by atoms with Crippen LogP contribution in [0, 0.1) is 23.3 Å². The lowest BCUT2D eigenvalue weighted by molar-refractivity contribution is 0.401. The summed E-state index contributed by atoms with van der Waals surface area (Å²) in [5.41, 5.74) is 11.9. The Bertz CT molecular complexity index is 1080.